The molecular formula is C12H16ClN3O2. The zero-order valence-corrected chi connectivity index (χ0v) is 11.3. The van der Waals surface area contributed by atoms with E-state index < -0.39 is 0 Å². The number of rotatable bonds is 2. The van der Waals surface area contributed by atoms with Crippen LogP contribution in [0.5, 0.6) is 0 Å². The van der Waals surface area contributed by atoms with Gasteiger partial charge in [-0.2, -0.15) is 0 Å². The average molecular weight is 270 g/mol. The number of ether oxygens (including phenoxy) is 1. The lowest BCUT2D eigenvalue weighted by atomic mass is 10.2. The first-order valence-corrected chi connectivity index (χ1v) is 6.18. The monoisotopic (exact) mass is 269 g/mol. The van der Waals surface area contributed by atoms with Crippen molar-refractivity contribution >= 4 is 23.4 Å². The van der Waals surface area contributed by atoms with Gasteiger partial charge in [0.1, 0.15) is 16.5 Å². The molecule has 2 rings (SSSR count). The summed E-state index contributed by atoms with van der Waals surface area (Å²) in [5.74, 6) is 0.232. The lowest BCUT2D eigenvalue weighted by Gasteiger charge is -2.33. The van der Waals surface area contributed by atoms with E-state index in [0.717, 1.165) is 26.2 Å². The van der Waals surface area contributed by atoms with Crippen LogP contribution in [0.4, 0.5) is 5.82 Å². The largest absolute Gasteiger partial charge is 0.465 e. The summed E-state index contributed by atoms with van der Waals surface area (Å²) < 4.78 is 4.77. The number of hydrogen-bond acceptors (Lipinski definition) is 5. The number of methoxy groups -OCH3 is 1. The van der Waals surface area contributed by atoms with Gasteiger partial charge in [-0.25, -0.2) is 9.78 Å². The van der Waals surface area contributed by atoms with Crippen molar-refractivity contribution in [3.63, 3.8) is 0 Å². The van der Waals surface area contributed by atoms with E-state index in [2.05, 4.69) is 21.8 Å². The summed E-state index contributed by atoms with van der Waals surface area (Å²) in [6.45, 7) is 3.53. The first kappa shape index (κ1) is 13.1. The summed E-state index contributed by atoms with van der Waals surface area (Å²) in [6, 6.07) is 3.27. The Labute approximate surface area is 111 Å². The third-order valence-electron chi connectivity index (χ3n) is 3.05. The summed E-state index contributed by atoms with van der Waals surface area (Å²) >= 11 is 5.91. The normalized spacial score (nSPS) is 16.7. The van der Waals surface area contributed by atoms with Crippen molar-refractivity contribution in [3.05, 3.63) is 22.8 Å². The van der Waals surface area contributed by atoms with Crippen molar-refractivity contribution in [3.8, 4) is 0 Å². The number of pyridine rings is 1. The van der Waals surface area contributed by atoms with Crippen LogP contribution in [0.1, 0.15) is 10.4 Å². The third kappa shape index (κ3) is 2.73. The summed E-state index contributed by atoms with van der Waals surface area (Å²) in [4.78, 5) is 20.3. The molecule has 18 heavy (non-hydrogen) atoms. The Kier molecular flexibility index (Phi) is 4.04. The van der Waals surface area contributed by atoms with Gasteiger partial charge in [0, 0.05) is 26.2 Å². The van der Waals surface area contributed by atoms with E-state index >= 15 is 0 Å². The zero-order chi connectivity index (χ0) is 13.1. The van der Waals surface area contributed by atoms with Crippen molar-refractivity contribution < 1.29 is 9.53 Å². The minimum atomic E-state index is -0.381. The highest BCUT2D eigenvalue weighted by molar-refractivity contribution is 6.29. The highest BCUT2D eigenvalue weighted by Crippen LogP contribution is 2.22. The Bertz CT molecular complexity index is 445. The lowest BCUT2D eigenvalue weighted by Crippen LogP contribution is -2.45. The Hall–Kier alpha value is -1.33. The third-order valence-corrected chi connectivity index (χ3v) is 3.26. The fourth-order valence-electron chi connectivity index (χ4n) is 1.95. The Morgan fingerprint density at radius 1 is 1.33 bits per heavy atom. The molecule has 0 aliphatic carbocycles. The summed E-state index contributed by atoms with van der Waals surface area (Å²) in [7, 11) is 3.44. The smallest absolute Gasteiger partial charge is 0.341 e. The first-order chi connectivity index (χ1) is 8.61. The number of halogens is 1. The van der Waals surface area contributed by atoms with Crippen LogP contribution in [0.2, 0.25) is 5.15 Å². The number of nitrogens with zero attached hydrogens (tertiary/aromatic N) is 3. The summed E-state index contributed by atoms with van der Waals surface area (Å²) in [5.41, 5.74) is 0.464. The second-order valence-electron chi connectivity index (χ2n) is 4.29. The van der Waals surface area contributed by atoms with E-state index in [9.17, 15) is 4.79 Å². The van der Waals surface area contributed by atoms with Crippen LogP contribution in [-0.4, -0.2) is 56.2 Å². The second kappa shape index (κ2) is 5.54. The molecule has 0 spiro atoms. The molecule has 0 aromatic carbocycles. The molecule has 0 amide bonds. The number of anilines is 1. The lowest BCUT2D eigenvalue weighted by molar-refractivity contribution is 0.0601. The molecule has 2 heterocycles. The van der Waals surface area contributed by atoms with Crippen LogP contribution in [-0.2, 0) is 4.74 Å². The van der Waals surface area contributed by atoms with Crippen LogP contribution in [0.25, 0.3) is 0 Å². The Morgan fingerprint density at radius 3 is 2.61 bits per heavy atom. The molecule has 1 aliphatic heterocycles. The number of piperazine rings is 1. The number of aromatic nitrogens is 1. The van der Waals surface area contributed by atoms with E-state index in [1.807, 2.05) is 0 Å². The molecule has 1 aromatic heterocycles. The first-order valence-electron chi connectivity index (χ1n) is 5.80. The maximum atomic E-state index is 11.7. The number of hydrogen-bond donors (Lipinski definition) is 0. The van der Waals surface area contributed by atoms with Gasteiger partial charge < -0.3 is 14.5 Å². The fraction of sp³-hybridized carbons (Fsp3) is 0.500. The molecule has 1 fully saturated rings. The Balaban J connectivity index is 2.30. The van der Waals surface area contributed by atoms with Crippen LogP contribution in [0.3, 0.4) is 0 Å². The van der Waals surface area contributed by atoms with E-state index in [1.165, 1.54) is 7.11 Å². The van der Waals surface area contributed by atoms with Crippen molar-refractivity contribution in [1.82, 2.24) is 9.88 Å². The molecule has 0 bridgehead atoms. The zero-order valence-electron chi connectivity index (χ0n) is 10.5. The predicted octanol–water partition coefficient (Wildman–Crippen LogP) is 1.27. The van der Waals surface area contributed by atoms with E-state index in [4.69, 9.17) is 16.3 Å². The minimum absolute atomic E-state index is 0.381. The summed E-state index contributed by atoms with van der Waals surface area (Å²) in [6.07, 6.45) is 0. The van der Waals surface area contributed by atoms with Crippen molar-refractivity contribution in [2.45, 2.75) is 0 Å². The van der Waals surface area contributed by atoms with Gasteiger partial charge in [0.25, 0.3) is 0 Å². The average Bonchev–Trinajstić information content (AvgIpc) is 2.38. The van der Waals surface area contributed by atoms with Crippen LogP contribution >= 0.6 is 11.6 Å². The number of esters is 1. The molecule has 0 radical (unpaired) electrons. The molecular weight excluding hydrogens is 254 g/mol. The topological polar surface area (TPSA) is 45.7 Å². The van der Waals surface area contributed by atoms with Crippen molar-refractivity contribution in [1.29, 1.82) is 0 Å². The predicted molar refractivity (Wildman–Crippen MR) is 70.3 cm³/mol. The highest BCUT2D eigenvalue weighted by atomic mass is 35.5. The molecule has 98 valence electrons. The standard InChI is InChI=1S/C12H16ClN3O2/c1-15-5-7-16(8-6-15)11-9(12(17)18-2)3-4-10(13)14-11/h3-4H,5-8H2,1-2H3. The SMILES string of the molecule is COC(=O)c1ccc(Cl)nc1N1CCN(C)CC1. The van der Waals surface area contributed by atoms with E-state index in [1.54, 1.807) is 12.1 Å². The van der Waals surface area contributed by atoms with Gasteiger partial charge in [-0.3, -0.25) is 0 Å². The second-order valence-corrected chi connectivity index (χ2v) is 4.67. The molecule has 6 heteroatoms. The van der Waals surface area contributed by atoms with Gasteiger partial charge >= 0.3 is 5.97 Å². The molecule has 0 unspecified atom stereocenters. The van der Waals surface area contributed by atoms with Gasteiger partial charge in [0.15, 0.2) is 0 Å². The van der Waals surface area contributed by atoms with Crippen LogP contribution < -0.4 is 4.90 Å². The van der Waals surface area contributed by atoms with E-state index in [0.29, 0.717) is 16.5 Å². The molecule has 1 saturated heterocycles. The number of likely N-dealkylation sites (N-methyl/N-ethyl adjacent to an activating group) is 1. The van der Waals surface area contributed by atoms with Gasteiger partial charge in [-0.15, -0.1) is 0 Å². The Morgan fingerprint density at radius 2 is 2.00 bits per heavy atom. The maximum absolute atomic E-state index is 11.7. The fourth-order valence-corrected chi connectivity index (χ4v) is 2.10. The maximum Gasteiger partial charge on any atom is 0.341 e. The van der Waals surface area contributed by atoms with Gasteiger partial charge in [0.05, 0.1) is 7.11 Å². The van der Waals surface area contributed by atoms with Crippen molar-refractivity contribution in [2.24, 2.45) is 0 Å². The van der Waals surface area contributed by atoms with Gasteiger partial charge in [-0.1, -0.05) is 11.6 Å². The molecule has 1 aliphatic rings. The van der Waals surface area contributed by atoms with Crippen molar-refractivity contribution in [2.75, 3.05) is 45.2 Å². The molecule has 5 nitrogen and oxygen atoms in total. The number of carbonyl (C=O) groups excluding carboxylic acids is 1. The van der Waals surface area contributed by atoms with Crippen LogP contribution in [0.15, 0.2) is 12.1 Å². The quantitative estimate of drug-likeness (QED) is 0.598. The molecule has 0 N–H and O–H groups in total. The number of carbonyl (C=O) groups is 1. The van der Waals surface area contributed by atoms with Gasteiger partial charge in [0.2, 0.25) is 0 Å². The molecule has 1 aromatic rings. The summed E-state index contributed by atoms with van der Waals surface area (Å²) in [5, 5.41) is 0.386. The molecule has 0 atom stereocenters. The van der Waals surface area contributed by atoms with Crippen LogP contribution in [0, 0.1) is 0 Å². The van der Waals surface area contributed by atoms with E-state index in [-0.39, 0.29) is 5.97 Å². The molecule has 0 saturated carbocycles. The highest BCUT2D eigenvalue weighted by Gasteiger charge is 2.22. The van der Waals surface area contributed by atoms with Gasteiger partial charge in [-0.05, 0) is 19.2 Å². The minimum Gasteiger partial charge on any atom is -0.465 e.